The Morgan fingerprint density at radius 2 is 1.85 bits per heavy atom. The molecule has 1 unspecified atom stereocenters. The second-order valence-electron chi connectivity index (χ2n) is 11.4. The van der Waals surface area contributed by atoms with E-state index in [0.717, 1.165) is 18.6 Å². The molecular formula is C27H38F3N5O3S. The molecule has 0 bridgehead atoms. The maximum atomic E-state index is 13.6. The van der Waals surface area contributed by atoms with E-state index in [1.165, 1.54) is 12.4 Å². The van der Waals surface area contributed by atoms with Crippen LogP contribution in [0.3, 0.4) is 0 Å². The number of nitrogens with one attached hydrogen (secondary N) is 1. The standard InChI is InChI=1S/C27H38F3N5O3S/c1-16(2)34(5)20-7-9-24(18(12-20)14-39(37,38)17(3)4)35-11-10-23(26(35)36)33-25-21-13-19(27(28,29)30)6-8-22(21)31-15-32-25/h6,8,13,15-18,20,23-24H,7,9-12,14H2,1-5H3,(H,31,32,33)/t18-,20+,23?,24-/m0/s1. The number of likely N-dealkylation sites (tertiary alicyclic amines) is 1. The Kier molecular flexibility index (Phi) is 8.47. The van der Waals surface area contributed by atoms with Crippen LogP contribution in [0.4, 0.5) is 19.0 Å². The number of alkyl halides is 3. The average Bonchev–Trinajstić information content (AvgIpc) is 3.22. The maximum absolute atomic E-state index is 13.6. The van der Waals surface area contributed by atoms with Crippen LogP contribution < -0.4 is 5.32 Å². The molecule has 1 N–H and O–H groups in total. The van der Waals surface area contributed by atoms with Gasteiger partial charge in [-0.05, 0) is 84.5 Å². The molecule has 39 heavy (non-hydrogen) atoms. The quantitative estimate of drug-likeness (QED) is 0.505. The Balaban J connectivity index is 1.56. The van der Waals surface area contributed by atoms with Gasteiger partial charge in [-0.15, -0.1) is 0 Å². The highest BCUT2D eigenvalue weighted by Gasteiger charge is 2.44. The smallest absolute Gasteiger partial charge is 0.358 e. The summed E-state index contributed by atoms with van der Waals surface area (Å²) < 4.78 is 65.9. The van der Waals surface area contributed by atoms with Gasteiger partial charge in [-0.1, -0.05) is 0 Å². The number of aromatic nitrogens is 2. The predicted octanol–water partition coefficient (Wildman–Crippen LogP) is 4.36. The molecule has 12 heteroatoms. The van der Waals surface area contributed by atoms with E-state index in [9.17, 15) is 26.4 Å². The summed E-state index contributed by atoms with van der Waals surface area (Å²) in [7, 11) is -1.27. The number of hydrogen-bond donors (Lipinski definition) is 1. The van der Waals surface area contributed by atoms with Gasteiger partial charge in [-0.25, -0.2) is 18.4 Å². The molecule has 1 aliphatic heterocycles. The van der Waals surface area contributed by atoms with Gasteiger partial charge in [0.2, 0.25) is 5.91 Å². The van der Waals surface area contributed by atoms with Crippen molar-refractivity contribution in [1.29, 1.82) is 0 Å². The highest BCUT2D eigenvalue weighted by Crippen LogP contribution is 2.37. The zero-order chi connectivity index (χ0) is 28.7. The van der Waals surface area contributed by atoms with Crippen LogP contribution in [0.1, 0.15) is 58.9 Å². The van der Waals surface area contributed by atoms with E-state index in [-0.39, 0.29) is 40.9 Å². The summed E-state index contributed by atoms with van der Waals surface area (Å²) in [6.45, 7) is 8.03. The number of rotatable bonds is 8. The van der Waals surface area contributed by atoms with Gasteiger partial charge in [0, 0.05) is 30.1 Å². The minimum Gasteiger partial charge on any atom is -0.358 e. The van der Waals surface area contributed by atoms with Gasteiger partial charge in [0.1, 0.15) is 18.2 Å². The highest BCUT2D eigenvalue weighted by atomic mass is 32.2. The zero-order valence-corrected chi connectivity index (χ0v) is 23.9. The Morgan fingerprint density at radius 1 is 1.13 bits per heavy atom. The number of benzene rings is 1. The number of hydrogen-bond acceptors (Lipinski definition) is 7. The van der Waals surface area contributed by atoms with Crippen LogP contribution in [-0.4, -0.2) is 82.9 Å². The normalized spacial score (nSPS) is 24.9. The minimum atomic E-state index is -4.52. The van der Waals surface area contributed by atoms with Crippen LogP contribution in [0.2, 0.25) is 0 Å². The first-order valence-electron chi connectivity index (χ1n) is 13.5. The highest BCUT2D eigenvalue weighted by molar-refractivity contribution is 7.91. The van der Waals surface area contributed by atoms with E-state index >= 15 is 0 Å². The molecule has 1 aromatic heterocycles. The Hall–Kier alpha value is -2.47. The van der Waals surface area contributed by atoms with Gasteiger partial charge in [-0.3, -0.25) is 4.79 Å². The van der Waals surface area contributed by atoms with E-state index < -0.39 is 32.9 Å². The molecule has 216 valence electrons. The van der Waals surface area contributed by atoms with Crippen molar-refractivity contribution in [3.63, 3.8) is 0 Å². The summed E-state index contributed by atoms with van der Waals surface area (Å²) in [6, 6.07) is 2.92. The summed E-state index contributed by atoms with van der Waals surface area (Å²) >= 11 is 0. The Morgan fingerprint density at radius 3 is 2.49 bits per heavy atom. The lowest BCUT2D eigenvalue weighted by molar-refractivity contribution is -0.137. The first kappa shape index (κ1) is 29.5. The van der Waals surface area contributed by atoms with Crippen LogP contribution >= 0.6 is 0 Å². The number of sulfone groups is 1. The van der Waals surface area contributed by atoms with Gasteiger partial charge in [0.25, 0.3) is 0 Å². The van der Waals surface area contributed by atoms with Crippen LogP contribution in [0.15, 0.2) is 24.5 Å². The third kappa shape index (κ3) is 6.32. The number of anilines is 1. The lowest BCUT2D eigenvalue weighted by Crippen LogP contribution is -2.52. The summed E-state index contributed by atoms with van der Waals surface area (Å²) in [5.41, 5.74) is -0.473. The van der Waals surface area contributed by atoms with Crippen molar-refractivity contribution in [2.24, 2.45) is 5.92 Å². The third-order valence-electron chi connectivity index (χ3n) is 8.38. The molecular weight excluding hydrogens is 531 g/mol. The van der Waals surface area contributed by atoms with E-state index in [2.05, 4.69) is 41.1 Å². The van der Waals surface area contributed by atoms with Crippen LogP contribution in [0.25, 0.3) is 10.9 Å². The van der Waals surface area contributed by atoms with Gasteiger partial charge in [0.05, 0.1) is 22.1 Å². The molecule has 8 nitrogen and oxygen atoms in total. The topological polar surface area (TPSA) is 95.5 Å². The first-order valence-corrected chi connectivity index (χ1v) is 15.2. The van der Waals surface area contributed by atoms with E-state index in [1.807, 2.05) is 0 Å². The second kappa shape index (κ2) is 11.2. The van der Waals surface area contributed by atoms with Crippen LogP contribution in [-0.2, 0) is 20.8 Å². The van der Waals surface area contributed by atoms with Gasteiger partial charge in [-0.2, -0.15) is 13.2 Å². The molecule has 1 amide bonds. The van der Waals surface area contributed by atoms with Crippen LogP contribution in [0, 0.1) is 5.92 Å². The number of carbonyl (C=O) groups is 1. The molecule has 2 heterocycles. The fourth-order valence-corrected chi connectivity index (χ4v) is 7.11. The summed E-state index contributed by atoms with van der Waals surface area (Å²) in [4.78, 5) is 25.9. The fourth-order valence-electron chi connectivity index (χ4n) is 5.77. The van der Waals surface area contributed by atoms with Gasteiger partial charge < -0.3 is 15.1 Å². The molecule has 1 saturated heterocycles. The molecule has 1 aliphatic carbocycles. The Bertz CT molecular complexity index is 1300. The number of amides is 1. The molecule has 4 rings (SSSR count). The second-order valence-corrected chi connectivity index (χ2v) is 14.0. The summed E-state index contributed by atoms with van der Waals surface area (Å²) in [6.07, 6.45) is -0.577. The molecule has 2 fully saturated rings. The average molecular weight is 570 g/mol. The van der Waals surface area contributed by atoms with E-state index in [1.54, 1.807) is 18.7 Å². The van der Waals surface area contributed by atoms with Gasteiger partial charge in [0.15, 0.2) is 9.84 Å². The molecule has 4 atom stereocenters. The van der Waals surface area contributed by atoms with Crippen molar-refractivity contribution >= 4 is 32.5 Å². The van der Waals surface area contributed by atoms with Crippen molar-refractivity contribution in [2.75, 3.05) is 24.7 Å². The number of nitrogens with zero attached hydrogens (tertiary/aromatic N) is 4. The zero-order valence-electron chi connectivity index (χ0n) is 23.1. The van der Waals surface area contributed by atoms with Gasteiger partial charge >= 0.3 is 6.18 Å². The van der Waals surface area contributed by atoms with E-state index in [0.29, 0.717) is 37.4 Å². The van der Waals surface area contributed by atoms with Crippen molar-refractivity contribution in [3.8, 4) is 0 Å². The maximum Gasteiger partial charge on any atom is 0.416 e. The minimum absolute atomic E-state index is 0.0242. The molecule has 2 aromatic rings. The fraction of sp³-hybridized carbons (Fsp3) is 0.667. The van der Waals surface area contributed by atoms with Crippen molar-refractivity contribution < 1.29 is 26.4 Å². The van der Waals surface area contributed by atoms with Crippen LogP contribution in [0.5, 0.6) is 0 Å². The number of fused-ring (bicyclic) bond motifs is 1. The SMILES string of the molecule is CC(C)N(C)[C@@H]1CC[C@H](N2CCC(Nc3ncnc4ccc(C(F)(F)F)cc34)C2=O)[C@H](CS(=O)(=O)C(C)C)C1. The molecule has 0 radical (unpaired) electrons. The van der Waals surface area contributed by atoms with E-state index in [4.69, 9.17) is 0 Å². The third-order valence-corrected chi connectivity index (χ3v) is 10.7. The van der Waals surface area contributed by atoms with Crippen molar-refractivity contribution in [1.82, 2.24) is 19.8 Å². The Labute approximate surface area is 228 Å². The molecule has 2 aliphatic rings. The predicted molar refractivity (Wildman–Crippen MR) is 145 cm³/mol. The largest absolute Gasteiger partial charge is 0.416 e. The lowest BCUT2D eigenvalue weighted by atomic mass is 9.81. The summed E-state index contributed by atoms with van der Waals surface area (Å²) in [5, 5.41) is 2.76. The van der Waals surface area contributed by atoms with Crippen molar-refractivity contribution in [2.45, 2.75) is 89.0 Å². The first-order chi connectivity index (χ1) is 18.2. The molecule has 1 aromatic carbocycles. The number of carbonyl (C=O) groups excluding carboxylic acids is 1. The summed E-state index contributed by atoms with van der Waals surface area (Å²) in [5.74, 6) is -0.181. The number of halogens is 3. The lowest BCUT2D eigenvalue weighted by Gasteiger charge is -2.44. The molecule has 0 spiro atoms. The monoisotopic (exact) mass is 569 g/mol. The van der Waals surface area contributed by atoms with Crippen molar-refractivity contribution in [3.05, 3.63) is 30.1 Å². The molecule has 1 saturated carbocycles.